The maximum atomic E-state index is 16.8. The number of aromatic nitrogens is 3. The van der Waals surface area contributed by atoms with Crippen LogP contribution in [0.2, 0.25) is 0 Å². The monoisotopic (exact) mass is 634 g/mol. The first-order valence-electron chi connectivity index (χ1n) is 15.6. The summed E-state index contributed by atoms with van der Waals surface area (Å²) in [6.45, 7) is 3.43. The number of halogens is 2. The maximum absolute atomic E-state index is 16.8. The summed E-state index contributed by atoms with van der Waals surface area (Å²) in [5.41, 5.74) is -0.634. The van der Waals surface area contributed by atoms with E-state index in [0.29, 0.717) is 17.4 Å². The molecule has 2 fully saturated rings. The van der Waals surface area contributed by atoms with E-state index in [9.17, 15) is 15.0 Å². The third-order valence-electron chi connectivity index (χ3n) is 9.29. The lowest BCUT2D eigenvalue weighted by Crippen LogP contribution is -2.61. The number of carbonyl (C=O) groups is 1. The van der Waals surface area contributed by atoms with Crippen molar-refractivity contribution in [1.82, 2.24) is 25.2 Å². The number of alkyl carbamates (subject to hydrolysis) is 1. The summed E-state index contributed by atoms with van der Waals surface area (Å²) in [4.78, 5) is 30.6. The van der Waals surface area contributed by atoms with E-state index in [1.807, 2.05) is 7.05 Å². The number of likely N-dealkylation sites (N-methyl/N-ethyl adjacent to an activating group) is 1. The van der Waals surface area contributed by atoms with Crippen LogP contribution in [-0.4, -0.2) is 93.7 Å². The van der Waals surface area contributed by atoms with Crippen molar-refractivity contribution < 1.29 is 33.3 Å². The predicted molar refractivity (Wildman–Crippen MR) is 167 cm³/mol. The zero-order chi connectivity index (χ0) is 32.2. The number of anilines is 1. The molecule has 0 aliphatic carbocycles. The van der Waals surface area contributed by atoms with Crippen LogP contribution in [0.5, 0.6) is 11.8 Å². The van der Waals surface area contributed by atoms with Crippen molar-refractivity contribution in [2.45, 2.75) is 56.7 Å². The molecule has 2 saturated heterocycles. The van der Waals surface area contributed by atoms with E-state index in [1.165, 1.54) is 30.5 Å². The Morgan fingerprint density at radius 3 is 2.87 bits per heavy atom. The summed E-state index contributed by atoms with van der Waals surface area (Å²) in [6.07, 6.45) is 2.63. The second-order valence-corrected chi connectivity index (χ2v) is 12.9. The van der Waals surface area contributed by atoms with Crippen LogP contribution in [0.3, 0.4) is 0 Å². The van der Waals surface area contributed by atoms with Crippen LogP contribution in [0.1, 0.15) is 38.2 Å². The van der Waals surface area contributed by atoms with Crippen molar-refractivity contribution in [1.29, 1.82) is 0 Å². The van der Waals surface area contributed by atoms with Gasteiger partial charge in [0, 0.05) is 30.9 Å². The number of rotatable bonds is 3. The Bertz CT molecular complexity index is 1840. The van der Waals surface area contributed by atoms with Crippen molar-refractivity contribution in [3.05, 3.63) is 47.7 Å². The lowest BCUT2D eigenvalue weighted by Gasteiger charge is -2.43. The molecule has 1 amide bonds. The smallest absolute Gasteiger partial charge is 0.407 e. The minimum atomic E-state index is -0.926. The molecule has 4 aliphatic heterocycles. The molecule has 2 aromatic carbocycles. The third-order valence-corrected chi connectivity index (χ3v) is 9.29. The van der Waals surface area contributed by atoms with Crippen LogP contribution in [0, 0.1) is 11.6 Å². The van der Waals surface area contributed by atoms with Gasteiger partial charge in [0.25, 0.3) is 0 Å². The van der Waals surface area contributed by atoms with E-state index in [-0.39, 0.29) is 90.3 Å². The minimum absolute atomic E-state index is 0.0000816. The zero-order valence-electron chi connectivity index (χ0n) is 25.7. The minimum Gasteiger partial charge on any atom is -0.508 e. The number of hydrogen-bond acceptors (Lipinski definition) is 10. The number of hydrogen-bond donors (Lipinski definition) is 3. The average molecular weight is 635 g/mol. The summed E-state index contributed by atoms with van der Waals surface area (Å²) in [7, 11) is 2.02. The van der Waals surface area contributed by atoms with Crippen LogP contribution in [-0.2, 0) is 11.2 Å². The van der Waals surface area contributed by atoms with Gasteiger partial charge in [0.15, 0.2) is 5.82 Å². The number of aromatic hydroxyl groups is 1. The van der Waals surface area contributed by atoms with Crippen molar-refractivity contribution in [2.75, 3.05) is 44.8 Å². The number of aliphatic hydroxyl groups is 1. The van der Waals surface area contributed by atoms with Gasteiger partial charge >= 0.3 is 12.1 Å². The Morgan fingerprint density at radius 1 is 1.22 bits per heavy atom. The van der Waals surface area contributed by atoms with Crippen molar-refractivity contribution >= 4 is 33.6 Å². The van der Waals surface area contributed by atoms with Crippen LogP contribution in [0.4, 0.5) is 19.4 Å². The predicted octanol–water partition coefficient (Wildman–Crippen LogP) is 4.30. The molecule has 242 valence electrons. The molecule has 4 aromatic rings. The molecular formula is C33H36F2N6O5. The lowest BCUT2D eigenvalue weighted by atomic mass is 9.89. The molecule has 3 atom stereocenters. The molecular weight excluding hydrogens is 598 g/mol. The summed E-state index contributed by atoms with van der Waals surface area (Å²) >= 11 is 0. The number of aliphatic hydroxyl groups excluding tert-OH is 1. The Kier molecular flexibility index (Phi) is 7.76. The van der Waals surface area contributed by atoms with E-state index in [0.717, 1.165) is 19.4 Å². The highest BCUT2D eigenvalue weighted by molar-refractivity contribution is 6.01. The largest absolute Gasteiger partial charge is 0.508 e. The summed E-state index contributed by atoms with van der Waals surface area (Å²) < 4.78 is 43.8. The highest BCUT2D eigenvalue weighted by atomic mass is 19.1. The van der Waals surface area contributed by atoms with Gasteiger partial charge in [-0.05, 0) is 87.2 Å². The Hall–Kier alpha value is -4.36. The molecule has 6 bridgehead atoms. The van der Waals surface area contributed by atoms with E-state index in [2.05, 4.69) is 20.2 Å². The van der Waals surface area contributed by atoms with E-state index < -0.39 is 29.4 Å². The highest BCUT2D eigenvalue weighted by Gasteiger charge is 2.39. The van der Waals surface area contributed by atoms with Gasteiger partial charge in [-0.3, -0.25) is 4.98 Å². The average Bonchev–Trinajstić information content (AvgIpc) is 3.42. The molecule has 11 nitrogen and oxygen atoms in total. The third kappa shape index (κ3) is 5.62. The summed E-state index contributed by atoms with van der Waals surface area (Å²) in [5, 5.41) is 25.6. The van der Waals surface area contributed by atoms with Crippen LogP contribution in [0.15, 0.2) is 30.5 Å². The van der Waals surface area contributed by atoms with Gasteiger partial charge < -0.3 is 34.8 Å². The fourth-order valence-electron chi connectivity index (χ4n) is 7.14. The van der Waals surface area contributed by atoms with Crippen LogP contribution in [0.25, 0.3) is 32.9 Å². The number of nitrogens with one attached hydrogen (secondary N) is 1. The number of pyridine rings is 1. The first kappa shape index (κ1) is 30.3. The molecule has 4 aliphatic rings. The van der Waals surface area contributed by atoms with E-state index >= 15 is 8.78 Å². The van der Waals surface area contributed by atoms with Gasteiger partial charge in [-0.2, -0.15) is 9.97 Å². The number of aryl methyl sites for hydroxylation is 1. The number of carbonyl (C=O) groups excluding carboxylic acids is 1. The van der Waals surface area contributed by atoms with Gasteiger partial charge in [-0.1, -0.05) is 6.07 Å². The number of amides is 1. The number of benzene rings is 2. The van der Waals surface area contributed by atoms with Crippen LogP contribution >= 0.6 is 0 Å². The molecule has 8 rings (SSSR count). The molecule has 6 heterocycles. The van der Waals surface area contributed by atoms with Gasteiger partial charge in [0.1, 0.15) is 35.2 Å². The summed E-state index contributed by atoms with van der Waals surface area (Å²) in [5.74, 6) is -1.15. The number of phenolic OH excluding ortho intramolecular Hbond substituents is 1. The van der Waals surface area contributed by atoms with Gasteiger partial charge in [0.2, 0.25) is 0 Å². The zero-order valence-corrected chi connectivity index (χ0v) is 25.7. The number of ether oxygens (including phenoxy) is 2. The molecule has 13 heteroatoms. The Labute approximate surface area is 264 Å². The number of likely N-dealkylation sites (tertiary alicyclic amines) is 1. The summed E-state index contributed by atoms with van der Waals surface area (Å²) in [6, 6.07) is 5.78. The topological polar surface area (TPSA) is 133 Å². The Balaban J connectivity index is 1.45. The van der Waals surface area contributed by atoms with E-state index in [4.69, 9.17) is 14.5 Å². The van der Waals surface area contributed by atoms with Gasteiger partial charge in [0.05, 0.1) is 23.6 Å². The quantitative estimate of drug-likeness (QED) is 0.300. The molecule has 0 spiro atoms. The number of fused-ring (bicyclic) bond motifs is 6. The molecule has 2 aromatic heterocycles. The van der Waals surface area contributed by atoms with E-state index in [1.54, 1.807) is 11.8 Å². The molecule has 0 saturated carbocycles. The normalized spacial score (nSPS) is 23.9. The van der Waals surface area contributed by atoms with Gasteiger partial charge in [-0.15, -0.1) is 0 Å². The van der Waals surface area contributed by atoms with Crippen molar-refractivity contribution in [3.8, 4) is 23.0 Å². The van der Waals surface area contributed by atoms with Crippen molar-refractivity contribution in [3.63, 3.8) is 0 Å². The van der Waals surface area contributed by atoms with Crippen molar-refractivity contribution in [2.24, 2.45) is 0 Å². The SMILES string of the molecule is CN1CCC[C@H]1COc1nc2c3cnc(c(F)c3n1)-c1cc(O)cc3ccc(F)c(c13)CCCOC(=O)N[C@]1(C)C[C@@H](O)CN2C1. The highest BCUT2D eigenvalue weighted by Crippen LogP contribution is 2.40. The van der Waals surface area contributed by atoms with Crippen LogP contribution < -0.4 is 15.0 Å². The van der Waals surface area contributed by atoms with Gasteiger partial charge in [-0.25, -0.2) is 13.6 Å². The number of piperidine rings is 1. The first-order valence-corrected chi connectivity index (χ1v) is 15.6. The number of nitrogens with zero attached hydrogens (tertiary/aromatic N) is 5. The second-order valence-electron chi connectivity index (χ2n) is 12.9. The second kappa shape index (κ2) is 11.8. The molecule has 0 unspecified atom stereocenters. The number of phenols is 1. The molecule has 46 heavy (non-hydrogen) atoms. The molecule has 0 radical (unpaired) electrons. The fourth-order valence-corrected chi connectivity index (χ4v) is 7.14. The maximum Gasteiger partial charge on any atom is 0.407 e. The fraction of sp³-hybridized carbons (Fsp3) is 0.455. The lowest BCUT2D eigenvalue weighted by molar-refractivity contribution is 0.0915. The standard InChI is InChI=1S/C33H36F2N6O5/c1-33-13-21(43)15-41(17-33)30-24-14-36-28(27(35)29(24)37-31(38-30)46-16-19-5-3-9-40(19)2)23-12-20(42)11-18-7-8-25(34)22(26(18)23)6-4-10-45-32(44)39-33/h7-8,11-12,14,19,21,42-43H,3-6,9-10,13,15-17H2,1-2H3,(H,39,44)/t19-,21+,33+/m0/s1. The molecule has 3 N–H and O–H groups in total. The Morgan fingerprint density at radius 2 is 2.07 bits per heavy atom. The first-order chi connectivity index (χ1) is 22.1.